The number of methoxy groups -OCH3 is 1. The number of ether oxygens (including phenoxy) is 3. The van der Waals surface area contributed by atoms with Gasteiger partial charge in [-0.3, -0.25) is 39.0 Å². The number of carbonyl (C=O) groups is 6. The van der Waals surface area contributed by atoms with Crippen LogP contribution >= 0.6 is 11.3 Å². The van der Waals surface area contributed by atoms with Crippen LogP contribution in [-0.2, 0) is 43.9 Å². The van der Waals surface area contributed by atoms with Gasteiger partial charge in [0.2, 0.25) is 17.7 Å². The highest BCUT2D eigenvalue weighted by atomic mass is 32.2. The van der Waals surface area contributed by atoms with Crippen LogP contribution in [0.15, 0.2) is 66.0 Å². The van der Waals surface area contributed by atoms with Crippen molar-refractivity contribution >= 4 is 62.3 Å². The fourth-order valence-electron chi connectivity index (χ4n) is 8.53. The van der Waals surface area contributed by atoms with Gasteiger partial charge in [-0.05, 0) is 80.3 Å². The van der Waals surface area contributed by atoms with Gasteiger partial charge in [-0.25, -0.2) is 8.42 Å². The number of imide groups is 2. The van der Waals surface area contributed by atoms with Gasteiger partial charge in [0.25, 0.3) is 17.7 Å². The van der Waals surface area contributed by atoms with E-state index in [1.807, 2.05) is 29.6 Å². The lowest BCUT2D eigenvalue weighted by Gasteiger charge is -2.29. The number of hydrogen-bond donors (Lipinski definition) is 3. The molecule has 0 aliphatic carbocycles. The van der Waals surface area contributed by atoms with Gasteiger partial charge in [-0.1, -0.05) is 49.9 Å². The van der Waals surface area contributed by atoms with Gasteiger partial charge in [0.05, 0.1) is 47.9 Å². The van der Waals surface area contributed by atoms with E-state index in [1.165, 1.54) is 24.5 Å². The number of fused-ring (bicyclic) bond motifs is 2. The van der Waals surface area contributed by atoms with E-state index >= 15 is 0 Å². The maximum absolute atomic E-state index is 14.0. The molecule has 3 aliphatic heterocycles. The normalized spacial score (nSPS) is 16.3. The van der Waals surface area contributed by atoms with Crippen molar-refractivity contribution in [2.24, 2.45) is 0 Å². The highest BCUT2D eigenvalue weighted by molar-refractivity contribution is 7.90. The maximum atomic E-state index is 14.0. The fourth-order valence-corrected chi connectivity index (χ4v) is 10.4. The first kappa shape index (κ1) is 47.8. The Hall–Kier alpha value is -6.11. The lowest BCUT2D eigenvalue weighted by Crippen LogP contribution is -2.52. The van der Waals surface area contributed by atoms with Crippen LogP contribution in [0.3, 0.4) is 0 Å². The number of nitrogens with one attached hydrogen (secondary N) is 3. The van der Waals surface area contributed by atoms with Crippen molar-refractivity contribution in [2.45, 2.75) is 96.5 Å². The van der Waals surface area contributed by atoms with E-state index in [4.69, 9.17) is 14.2 Å². The van der Waals surface area contributed by atoms with E-state index in [9.17, 15) is 37.2 Å². The van der Waals surface area contributed by atoms with Crippen LogP contribution in [0.2, 0.25) is 0 Å². The Kier molecular flexibility index (Phi) is 15.6. The Bertz CT molecular complexity index is 2590. The number of rotatable bonds is 23. The molecule has 66 heavy (non-hydrogen) atoms. The average molecular weight is 942 g/mol. The minimum Gasteiger partial charge on any atom is -0.493 e. The second-order valence-corrected chi connectivity index (χ2v) is 19.8. The zero-order valence-electron chi connectivity index (χ0n) is 37.3. The smallest absolute Gasteiger partial charge is 0.264 e. The second kappa shape index (κ2) is 21.5. The van der Waals surface area contributed by atoms with Crippen LogP contribution in [0.1, 0.15) is 123 Å². The van der Waals surface area contributed by atoms with Gasteiger partial charge in [0.1, 0.15) is 28.2 Å². The van der Waals surface area contributed by atoms with Gasteiger partial charge < -0.3 is 29.7 Å². The number of piperidine rings is 1. The molecule has 0 saturated carbocycles. The summed E-state index contributed by atoms with van der Waals surface area (Å²) in [6.07, 6.45) is 7.40. The number of carbonyl (C=O) groups excluding carboxylic acids is 6. The topological polar surface area (TPSA) is 207 Å². The summed E-state index contributed by atoms with van der Waals surface area (Å²) in [7, 11) is -2.20. The molecular weight excluding hydrogens is 887 g/mol. The Morgan fingerprint density at radius 1 is 0.894 bits per heavy atom. The predicted octanol–water partition coefficient (Wildman–Crippen LogP) is 6.34. The summed E-state index contributed by atoms with van der Waals surface area (Å²) in [5.74, 6) is -1.57. The fraction of sp³-hybridized carbons (Fsp3) is 0.417. The zero-order chi connectivity index (χ0) is 47.0. The first-order valence-electron chi connectivity index (χ1n) is 22.2. The summed E-state index contributed by atoms with van der Waals surface area (Å²) in [4.78, 5) is 81.2. The third-order valence-electron chi connectivity index (χ3n) is 11.9. The molecule has 3 aliphatic rings. The molecule has 0 bridgehead atoms. The summed E-state index contributed by atoms with van der Waals surface area (Å²) in [5, 5.41) is 10.5. The zero-order valence-corrected chi connectivity index (χ0v) is 38.9. The summed E-state index contributed by atoms with van der Waals surface area (Å²) < 4.78 is 42.3. The van der Waals surface area contributed by atoms with E-state index < -0.39 is 45.4 Å². The first-order valence-corrected chi connectivity index (χ1v) is 25.2. The number of benzene rings is 3. The molecule has 16 nitrogen and oxygen atoms in total. The van der Waals surface area contributed by atoms with Gasteiger partial charge in [-0.2, -0.15) is 0 Å². The number of thiophene rings is 1. The van der Waals surface area contributed by atoms with E-state index in [1.54, 1.807) is 42.2 Å². The molecule has 2 atom stereocenters. The minimum atomic E-state index is -3.67. The summed E-state index contributed by atoms with van der Waals surface area (Å²) in [6, 6.07) is 15.5. The molecule has 3 aromatic carbocycles. The molecule has 4 aromatic rings. The van der Waals surface area contributed by atoms with Crippen molar-refractivity contribution in [1.29, 1.82) is 0 Å². The average Bonchev–Trinajstić information content (AvgIpc) is 3.92. The van der Waals surface area contributed by atoms with Gasteiger partial charge in [-0.15, -0.1) is 11.3 Å². The van der Waals surface area contributed by atoms with Crippen molar-refractivity contribution in [3.63, 3.8) is 0 Å². The van der Waals surface area contributed by atoms with Crippen LogP contribution in [0, 0.1) is 0 Å². The van der Waals surface area contributed by atoms with Gasteiger partial charge in [0, 0.05) is 48.0 Å². The molecule has 0 spiro atoms. The van der Waals surface area contributed by atoms with Crippen LogP contribution in [0.25, 0.3) is 0 Å². The molecule has 6 amide bonds. The maximum Gasteiger partial charge on any atom is 0.264 e. The van der Waals surface area contributed by atoms with Crippen LogP contribution in [0.4, 0.5) is 5.69 Å². The second-order valence-electron chi connectivity index (χ2n) is 16.6. The van der Waals surface area contributed by atoms with Crippen molar-refractivity contribution in [3.05, 3.63) is 104 Å². The highest BCUT2D eigenvalue weighted by Crippen LogP contribution is 2.39. The van der Waals surface area contributed by atoms with Crippen molar-refractivity contribution in [1.82, 2.24) is 20.4 Å². The quantitative estimate of drug-likeness (QED) is 0.0551. The molecule has 1 saturated heterocycles. The molecule has 350 valence electrons. The monoisotopic (exact) mass is 941 g/mol. The van der Waals surface area contributed by atoms with Crippen LogP contribution in [-0.4, -0.2) is 92.0 Å². The molecule has 18 heteroatoms. The lowest BCUT2D eigenvalue weighted by atomic mass is 10.0. The molecule has 1 aromatic heterocycles. The Balaban J connectivity index is 0.790. The van der Waals surface area contributed by atoms with E-state index in [2.05, 4.69) is 16.0 Å². The number of nitrogens with zero attached hydrogens (tertiary/aromatic N) is 2. The Labute approximate surface area is 388 Å². The third kappa shape index (κ3) is 11.3. The summed E-state index contributed by atoms with van der Waals surface area (Å²) >= 11 is 1.47. The van der Waals surface area contributed by atoms with Crippen molar-refractivity contribution in [2.75, 3.05) is 37.6 Å². The summed E-state index contributed by atoms with van der Waals surface area (Å²) in [6.45, 7) is 4.32. The third-order valence-corrected chi connectivity index (χ3v) is 13.8. The minimum absolute atomic E-state index is 0.0318. The molecule has 7 rings (SSSR count). The van der Waals surface area contributed by atoms with Crippen LogP contribution in [0.5, 0.6) is 17.2 Å². The molecule has 0 radical (unpaired) electrons. The summed E-state index contributed by atoms with van der Waals surface area (Å²) in [5.41, 5.74) is 3.31. The predicted molar refractivity (Wildman–Crippen MR) is 247 cm³/mol. The largest absolute Gasteiger partial charge is 0.493 e. The standard InChI is InChI=1S/C48H55N5O11S2/c1-4-63-40-24-31(17-21-39(40)62-2)38(29-66(3,60)61)53-47(58)33-12-11-13-36(44(33)48(53)59)50-42(54)14-9-7-5-6-8-10-23-49-25-30-15-18-32(19-16-30)64-27-41-34-26-52(46(57)35(34)28-65-41)37-20-22-43(55)51-45(37)56/h11-13,15-19,21,24,28,37-38,49H,4-10,14,20,22-23,25-27,29H2,1-3H3,(H,50,54)(H,51,55,56)/t37?,38-/m1/s1. The van der Waals surface area contributed by atoms with E-state index in [-0.39, 0.29) is 47.4 Å². The molecular formula is C48H55N5O11S2. The van der Waals surface area contributed by atoms with E-state index in [0.29, 0.717) is 67.5 Å². The molecule has 1 fully saturated rings. The molecule has 1 unspecified atom stereocenters. The van der Waals surface area contributed by atoms with Crippen LogP contribution < -0.4 is 30.2 Å². The Morgan fingerprint density at radius 3 is 2.38 bits per heavy atom. The number of sulfone groups is 1. The Morgan fingerprint density at radius 2 is 1.65 bits per heavy atom. The van der Waals surface area contributed by atoms with Gasteiger partial charge >= 0.3 is 0 Å². The molecule has 4 heterocycles. The lowest BCUT2D eigenvalue weighted by molar-refractivity contribution is -0.137. The van der Waals surface area contributed by atoms with E-state index in [0.717, 1.165) is 65.8 Å². The number of amides is 6. The van der Waals surface area contributed by atoms with Crippen molar-refractivity contribution < 1.29 is 51.4 Å². The molecule has 3 N–H and O–H groups in total. The van der Waals surface area contributed by atoms with Crippen molar-refractivity contribution in [3.8, 4) is 17.2 Å². The SMILES string of the molecule is CCOc1cc([C@@H](CS(C)(=O)=O)N2C(=O)c3cccc(NC(=O)CCCCCCCCNCc4ccc(OCc5scc6c5CN(C5CCC(=O)NC5=O)C6=O)cc4)c3C2=O)ccc1OC. The number of unbranched alkanes of at least 4 members (excludes halogenated alkanes) is 5. The highest BCUT2D eigenvalue weighted by Gasteiger charge is 2.44. The number of anilines is 1. The first-order chi connectivity index (χ1) is 31.8. The van der Waals surface area contributed by atoms with Gasteiger partial charge in [0.15, 0.2) is 11.5 Å². The number of hydrogen-bond acceptors (Lipinski definition) is 13.